The van der Waals surface area contributed by atoms with Gasteiger partial charge in [0.2, 0.25) is 0 Å². The zero-order chi connectivity index (χ0) is 15.9. The van der Waals surface area contributed by atoms with Crippen molar-refractivity contribution in [3.63, 3.8) is 0 Å². The van der Waals surface area contributed by atoms with Crippen LogP contribution in [0.25, 0.3) is 0 Å². The largest absolute Gasteiger partial charge is 0.311 e. The Balaban J connectivity index is 2.75. The molecule has 0 heterocycles. The molecule has 1 aliphatic carbocycles. The summed E-state index contributed by atoms with van der Waals surface area (Å²) >= 11 is 0. The summed E-state index contributed by atoms with van der Waals surface area (Å²) in [4.78, 5) is 2.65. The predicted molar refractivity (Wildman–Crippen MR) is 94.9 cm³/mol. The third kappa shape index (κ3) is 6.69. The van der Waals surface area contributed by atoms with Crippen LogP contribution in [0.15, 0.2) is 0 Å². The van der Waals surface area contributed by atoms with Crippen molar-refractivity contribution in [1.82, 2.24) is 10.2 Å². The molecule has 2 nitrogen and oxygen atoms in total. The smallest absolute Gasteiger partial charge is 0.00967 e. The Kier molecular flexibility index (Phi) is 7.70. The average Bonchev–Trinajstić information content (AvgIpc) is 2.63. The Morgan fingerprint density at radius 1 is 1.00 bits per heavy atom. The Hall–Kier alpha value is -0.0800. The van der Waals surface area contributed by atoms with E-state index in [1.54, 1.807) is 0 Å². The van der Waals surface area contributed by atoms with Crippen LogP contribution in [0, 0.1) is 5.41 Å². The molecule has 21 heavy (non-hydrogen) atoms. The minimum Gasteiger partial charge on any atom is -0.311 e. The summed E-state index contributed by atoms with van der Waals surface area (Å²) in [5, 5.41) is 3.81. The number of rotatable bonds is 7. The fourth-order valence-corrected chi connectivity index (χ4v) is 3.89. The van der Waals surface area contributed by atoms with Crippen LogP contribution in [0.2, 0.25) is 0 Å². The molecule has 1 N–H and O–H groups in total. The van der Waals surface area contributed by atoms with Gasteiger partial charge in [-0.3, -0.25) is 0 Å². The van der Waals surface area contributed by atoms with Crippen molar-refractivity contribution in [2.75, 3.05) is 20.1 Å². The Bertz CT molecular complexity index is 268. The van der Waals surface area contributed by atoms with Crippen LogP contribution < -0.4 is 5.32 Å². The second kappa shape index (κ2) is 8.53. The quantitative estimate of drug-likeness (QED) is 0.677. The van der Waals surface area contributed by atoms with Crippen molar-refractivity contribution in [2.24, 2.45) is 5.41 Å². The lowest BCUT2D eigenvalue weighted by molar-refractivity contribution is 0.104. The standard InChI is InChI=1S/C19H40N2/c1-7-17(8-2)21(6)16-19(15-20-18(3,4)5)13-11-9-10-12-14-19/h17,20H,7-16H2,1-6H3. The van der Waals surface area contributed by atoms with E-state index in [-0.39, 0.29) is 5.54 Å². The van der Waals surface area contributed by atoms with Crippen molar-refractivity contribution in [1.29, 1.82) is 0 Å². The molecule has 0 radical (unpaired) electrons. The molecule has 0 aliphatic heterocycles. The molecule has 0 aromatic rings. The maximum Gasteiger partial charge on any atom is 0.00967 e. The Morgan fingerprint density at radius 3 is 1.95 bits per heavy atom. The molecule has 1 rings (SSSR count). The first-order valence-corrected chi connectivity index (χ1v) is 9.27. The van der Waals surface area contributed by atoms with Crippen LogP contribution in [0.4, 0.5) is 0 Å². The molecule has 1 aliphatic rings. The Labute approximate surface area is 134 Å². The molecule has 0 atom stereocenters. The molecule has 1 fully saturated rings. The summed E-state index contributed by atoms with van der Waals surface area (Å²) in [6.07, 6.45) is 11.1. The van der Waals surface area contributed by atoms with Gasteiger partial charge >= 0.3 is 0 Å². The maximum absolute atomic E-state index is 3.81. The summed E-state index contributed by atoms with van der Waals surface area (Å²) in [7, 11) is 2.35. The highest BCUT2D eigenvalue weighted by atomic mass is 15.1. The van der Waals surface area contributed by atoms with Gasteiger partial charge in [0.1, 0.15) is 0 Å². The fourth-order valence-electron chi connectivity index (χ4n) is 3.89. The van der Waals surface area contributed by atoms with E-state index in [0.717, 1.165) is 6.04 Å². The van der Waals surface area contributed by atoms with Gasteiger partial charge in [0.25, 0.3) is 0 Å². The van der Waals surface area contributed by atoms with E-state index >= 15 is 0 Å². The van der Waals surface area contributed by atoms with E-state index in [0.29, 0.717) is 5.41 Å². The number of hydrogen-bond acceptors (Lipinski definition) is 2. The molecule has 0 amide bonds. The third-order valence-corrected chi connectivity index (χ3v) is 5.31. The zero-order valence-electron chi connectivity index (χ0n) is 15.6. The van der Waals surface area contributed by atoms with Crippen molar-refractivity contribution in [3.8, 4) is 0 Å². The van der Waals surface area contributed by atoms with Crippen LogP contribution in [0.1, 0.15) is 86.0 Å². The molecular formula is C19H40N2. The zero-order valence-corrected chi connectivity index (χ0v) is 15.6. The topological polar surface area (TPSA) is 15.3 Å². The van der Waals surface area contributed by atoms with Gasteiger partial charge in [-0.25, -0.2) is 0 Å². The van der Waals surface area contributed by atoms with Crippen LogP contribution in [0.3, 0.4) is 0 Å². The van der Waals surface area contributed by atoms with E-state index in [9.17, 15) is 0 Å². The van der Waals surface area contributed by atoms with E-state index < -0.39 is 0 Å². The second-order valence-corrected chi connectivity index (χ2v) is 8.40. The molecule has 0 spiro atoms. The summed E-state index contributed by atoms with van der Waals surface area (Å²) in [6, 6.07) is 0.750. The first-order valence-electron chi connectivity index (χ1n) is 9.27. The first kappa shape index (κ1) is 19.0. The molecule has 126 valence electrons. The van der Waals surface area contributed by atoms with Crippen LogP contribution in [-0.2, 0) is 0 Å². The lowest BCUT2D eigenvalue weighted by Crippen LogP contribution is -2.49. The molecule has 0 aromatic carbocycles. The van der Waals surface area contributed by atoms with E-state index in [4.69, 9.17) is 0 Å². The highest BCUT2D eigenvalue weighted by Gasteiger charge is 2.34. The van der Waals surface area contributed by atoms with Gasteiger partial charge in [0.15, 0.2) is 0 Å². The molecule has 0 aromatic heterocycles. The highest BCUT2D eigenvalue weighted by molar-refractivity contribution is 4.89. The number of nitrogens with zero attached hydrogens (tertiary/aromatic N) is 1. The Morgan fingerprint density at radius 2 is 1.52 bits per heavy atom. The van der Waals surface area contributed by atoms with Crippen molar-refractivity contribution in [2.45, 2.75) is 97.6 Å². The van der Waals surface area contributed by atoms with Gasteiger partial charge < -0.3 is 10.2 Å². The molecule has 0 bridgehead atoms. The normalized spacial score (nSPS) is 20.0. The minimum absolute atomic E-state index is 0.229. The van der Waals surface area contributed by atoms with Gasteiger partial charge in [-0.05, 0) is 58.9 Å². The van der Waals surface area contributed by atoms with Gasteiger partial charge in [0, 0.05) is 24.7 Å². The lowest BCUT2D eigenvalue weighted by atomic mass is 9.78. The first-order chi connectivity index (χ1) is 9.82. The van der Waals surface area contributed by atoms with E-state index in [1.165, 1.54) is 64.5 Å². The van der Waals surface area contributed by atoms with Crippen molar-refractivity contribution >= 4 is 0 Å². The number of hydrogen-bond donors (Lipinski definition) is 1. The van der Waals surface area contributed by atoms with Gasteiger partial charge in [-0.1, -0.05) is 39.5 Å². The monoisotopic (exact) mass is 296 g/mol. The maximum atomic E-state index is 3.81. The predicted octanol–water partition coefficient (Wildman–Crippen LogP) is 4.84. The molecular weight excluding hydrogens is 256 g/mol. The lowest BCUT2D eigenvalue weighted by Gasteiger charge is -2.41. The summed E-state index contributed by atoms with van der Waals surface area (Å²) < 4.78 is 0. The summed E-state index contributed by atoms with van der Waals surface area (Å²) in [5.74, 6) is 0. The SMILES string of the molecule is CCC(CC)N(C)CC1(CNC(C)(C)C)CCCCCC1. The second-order valence-electron chi connectivity index (χ2n) is 8.40. The van der Waals surface area contributed by atoms with Crippen LogP contribution in [-0.4, -0.2) is 36.6 Å². The molecule has 1 saturated carbocycles. The van der Waals surface area contributed by atoms with Crippen molar-refractivity contribution in [3.05, 3.63) is 0 Å². The van der Waals surface area contributed by atoms with Gasteiger partial charge in [-0.15, -0.1) is 0 Å². The molecule has 2 heteroatoms. The number of nitrogens with one attached hydrogen (secondary N) is 1. The third-order valence-electron chi connectivity index (χ3n) is 5.31. The minimum atomic E-state index is 0.229. The van der Waals surface area contributed by atoms with Gasteiger partial charge in [0.05, 0.1) is 0 Å². The van der Waals surface area contributed by atoms with Gasteiger partial charge in [-0.2, -0.15) is 0 Å². The van der Waals surface area contributed by atoms with E-state index in [1.807, 2.05) is 0 Å². The summed E-state index contributed by atoms with van der Waals surface area (Å²) in [6.45, 7) is 14.0. The van der Waals surface area contributed by atoms with Crippen molar-refractivity contribution < 1.29 is 0 Å². The average molecular weight is 297 g/mol. The molecule has 0 saturated heterocycles. The fraction of sp³-hybridized carbons (Fsp3) is 1.00. The highest BCUT2D eigenvalue weighted by Crippen LogP contribution is 2.36. The van der Waals surface area contributed by atoms with Crippen LogP contribution >= 0.6 is 0 Å². The summed E-state index contributed by atoms with van der Waals surface area (Å²) in [5.41, 5.74) is 0.716. The van der Waals surface area contributed by atoms with E-state index in [2.05, 4.69) is 51.9 Å². The molecule has 0 unspecified atom stereocenters. The van der Waals surface area contributed by atoms with Crippen LogP contribution in [0.5, 0.6) is 0 Å².